The molecule has 0 aromatic heterocycles. The number of aliphatic hydroxyl groups is 1. The van der Waals surface area contributed by atoms with E-state index in [2.05, 4.69) is 12.1 Å². The molecule has 0 radical (unpaired) electrons. The van der Waals surface area contributed by atoms with Gasteiger partial charge in [0.15, 0.2) is 0 Å². The van der Waals surface area contributed by atoms with Crippen LogP contribution in [0.3, 0.4) is 0 Å². The van der Waals surface area contributed by atoms with Crippen molar-refractivity contribution in [2.75, 3.05) is 12.4 Å². The zero-order valence-electron chi connectivity index (χ0n) is 13.1. The fourth-order valence-corrected chi connectivity index (χ4v) is 4.16. The van der Waals surface area contributed by atoms with Gasteiger partial charge in [0.05, 0.1) is 6.10 Å². The molecule has 1 aliphatic rings. The molecule has 23 heavy (non-hydrogen) atoms. The topological polar surface area (TPSA) is 46.5 Å². The number of rotatable bonds is 6. The molecule has 0 amide bonds. The van der Waals surface area contributed by atoms with Crippen LogP contribution in [0.15, 0.2) is 42.5 Å². The molecule has 3 nitrogen and oxygen atoms in total. The highest BCUT2D eigenvalue weighted by molar-refractivity contribution is 7.99. The first-order chi connectivity index (χ1) is 11.2. The number of ketones is 1. The SMILES string of the molecule is O=C1CCCC(SCC(O)COc2cccc3ccccc23)C1. The summed E-state index contributed by atoms with van der Waals surface area (Å²) >= 11 is 1.70. The number of fused-ring (bicyclic) bond motifs is 1. The van der Waals surface area contributed by atoms with Crippen LogP contribution in [0.4, 0.5) is 0 Å². The average Bonchev–Trinajstić information content (AvgIpc) is 2.58. The lowest BCUT2D eigenvalue weighted by atomic mass is 9.99. The summed E-state index contributed by atoms with van der Waals surface area (Å²) < 4.78 is 5.81. The molecule has 0 heterocycles. The van der Waals surface area contributed by atoms with Crippen LogP contribution in [0.1, 0.15) is 25.7 Å². The highest BCUT2D eigenvalue weighted by Gasteiger charge is 2.20. The van der Waals surface area contributed by atoms with Crippen molar-refractivity contribution >= 4 is 28.3 Å². The Morgan fingerprint density at radius 2 is 2.04 bits per heavy atom. The van der Waals surface area contributed by atoms with Gasteiger partial charge in [0.2, 0.25) is 0 Å². The summed E-state index contributed by atoms with van der Waals surface area (Å²) in [4.78, 5) is 11.5. The van der Waals surface area contributed by atoms with Crippen LogP contribution in [0.2, 0.25) is 0 Å². The van der Waals surface area contributed by atoms with Gasteiger partial charge >= 0.3 is 0 Å². The van der Waals surface area contributed by atoms with Crippen LogP contribution >= 0.6 is 11.8 Å². The molecule has 0 bridgehead atoms. The van der Waals surface area contributed by atoms with E-state index in [9.17, 15) is 9.90 Å². The van der Waals surface area contributed by atoms with Gasteiger partial charge in [-0.1, -0.05) is 36.4 Å². The molecule has 0 saturated heterocycles. The second-order valence-electron chi connectivity index (χ2n) is 6.03. The van der Waals surface area contributed by atoms with Gasteiger partial charge < -0.3 is 9.84 Å². The van der Waals surface area contributed by atoms with Gasteiger partial charge in [-0.3, -0.25) is 4.79 Å². The van der Waals surface area contributed by atoms with Crippen molar-refractivity contribution < 1.29 is 14.6 Å². The minimum Gasteiger partial charge on any atom is -0.490 e. The smallest absolute Gasteiger partial charge is 0.134 e. The van der Waals surface area contributed by atoms with Crippen LogP contribution in [0, 0.1) is 0 Å². The molecule has 1 aliphatic carbocycles. The first-order valence-electron chi connectivity index (χ1n) is 8.14. The summed E-state index contributed by atoms with van der Waals surface area (Å²) in [5.41, 5.74) is 0. The Labute approximate surface area is 141 Å². The van der Waals surface area contributed by atoms with E-state index in [-0.39, 0.29) is 6.61 Å². The first-order valence-corrected chi connectivity index (χ1v) is 9.19. The lowest BCUT2D eigenvalue weighted by Gasteiger charge is -2.21. The summed E-state index contributed by atoms with van der Waals surface area (Å²) in [6.07, 6.45) is 2.92. The number of hydrogen-bond donors (Lipinski definition) is 1. The summed E-state index contributed by atoms with van der Waals surface area (Å²) in [7, 11) is 0. The maximum atomic E-state index is 11.5. The van der Waals surface area contributed by atoms with Crippen LogP contribution in [-0.4, -0.2) is 34.6 Å². The van der Waals surface area contributed by atoms with Crippen LogP contribution in [-0.2, 0) is 4.79 Å². The van der Waals surface area contributed by atoms with Crippen molar-refractivity contribution in [3.63, 3.8) is 0 Å². The van der Waals surface area contributed by atoms with E-state index in [0.29, 0.717) is 23.2 Å². The van der Waals surface area contributed by atoms with Crippen LogP contribution in [0.5, 0.6) is 5.75 Å². The summed E-state index contributed by atoms with van der Waals surface area (Å²) in [5, 5.41) is 12.7. The predicted molar refractivity (Wildman–Crippen MR) is 95.2 cm³/mol. The van der Waals surface area contributed by atoms with Gasteiger partial charge in [0, 0.05) is 29.2 Å². The Hall–Kier alpha value is -1.52. The molecular weight excluding hydrogens is 308 g/mol. The third-order valence-corrected chi connectivity index (χ3v) is 5.59. The molecule has 0 aliphatic heterocycles. The van der Waals surface area contributed by atoms with Crippen molar-refractivity contribution in [3.05, 3.63) is 42.5 Å². The average molecular weight is 330 g/mol. The number of carbonyl (C=O) groups excluding carboxylic acids is 1. The maximum absolute atomic E-state index is 11.5. The highest BCUT2D eigenvalue weighted by Crippen LogP contribution is 2.28. The fourth-order valence-electron chi connectivity index (χ4n) is 2.93. The Morgan fingerprint density at radius 3 is 2.91 bits per heavy atom. The van der Waals surface area contributed by atoms with Gasteiger partial charge in [0.25, 0.3) is 0 Å². The lowest BCUT2D eigenvalue weighted by molar-refractivity contribution is -0.120. The minimum absolute atomic E-state index is 0.279. The Bertz CT molecular complexity index is 665. The third-order valence-electron chi connectivity index (χ3n) is 4.14. The molecule has 1 saturated carbocycles. The Balaban J connectivity index is 1.50. The number of hydrogen-bond acceptors (Lipinski definition) is 4. The Morgan fingerprint density at radius 1 is 1.22 bits per heavy atom. The highest BCUT2D eigenvalue weighted by atomic mass is 32.2. The molecule has 122 valence electrons. The summed E-state index contributed by atoms with van der Waals surface area (Å²) in [6, 6.07) is 14.0. The molecule has 2 aromatic carbocycles. The number of thioether (sulfide) groups is 1. The van der Waals surface area contributed by atoms with E-state index in [4.69, 9.17) is 4.74 Å². The van der Waals surface area contributed by atoms with Crippen LogP contribution in [0.25, 0.3) is 10.8 Å². The molecule has 4 heteroatoms. The molecule has 3 rings (SSSR count). The summed E-state index contributed by atoms with van der Waals surface area (Å²) in [6.45, 7) is 0.279. The van der Waals surface area contributed by atoms with E-state index in [1.807, 2.05) is 30.3 Å². The minimum atomic E-state index is -0.518. The quantitative estimate of drug-likeness (QED) is 0.874. The number of Topliss-reactive ketones (excluding diaryl/α,β-unsaturated/α-hetero) is 1. The normalized spacial score (nSPS) is 19.7. The second-order valence-corrected chi connectivity index (χ2v) is 7.37. The van der Waals surface area contributed by atoms with E-state index < -0.39 is 6.10 Å². The Kier molecular flexibility index (Phi) is 5.57. The van der Waals surface area contributed by atoms with Gasteiger partial charge in [-0.15, -0.1) is 0 Å². The molecular formula is C19H22O3S. The van der Waals surface area contributed by atoms with Crippen molar-refractivity contribution in [3.8, 4) is 5.75 Å². The van der Waals surface area contributed by atoms with Crippen molar-refractivity contribution in [1.82, 2.24) is 0 Å². The van der Waals surface area contributed by atoms with Gasteiger partial charge in [-0.05, 0) is 24.3 Å². The second kappa shape index (κ2) is 7.84. The van der Waals surface area contributed by atoms with Gasteiger partial charge in [-0.25, -0.2) is 0 Å². The van der Waals surface area contributed by atoms with E-state index in [0.717, 1.165) is 35.8 Å². The van der Waals surface area contributed by atoms with Crippen molar-refractivity contribution in [2.45, 2.75) is 37.0 Å². The maximum Gasteiger partial charge on any atom is 0.134 e. The van der Waals surface area contributed by atoms with Gasteiger partial charge in [0.1, 0.15) is 18.1 Å². The van der Waals surface area contributed by atoms with Gasteiger partial charge in [-0.2, -0.15) is 11.8 Å². The van der Waals surface area contributed by atoms with E-state index in [1.54, 1.807) is 11.8 Å². The molecule has 2 aromatic rings. The van der Waals surface area contributed by atoms with E-state index in [1.165, 1.54) is 0 Å². The third kappa shape index (κ3) is 4.49. The molecule has 0 spiro atoms. The van der Waals surface area contributed by atoms with Crippen molar-refractivity contribution in [1.29, 1.82) is 0 Å². The zero-order chi connectivity index (χ0) is 16.1. The number of benzene rings is 2. The lowest BCUT2D eigenvalue weighted by Crippen LogP contribution is -2.24. The molecule has 1 fully saturated rings. The summed E-state index contributed by atoms with van der Waals surface area (Å²) in [5.74, 6) is 1.78. The zero-order valence-corrected chi connectivity index (χ0v) is 13.9. The van der Waals surface area contributed by atoms with Crippen LogP contribution < -0.4 is 4.74 Å². The largest absolute Gasteiger partial charge is 0.490 e. The standard InChI is InChI=1S/C19H22O3S/c20-15-7-4-8-17(11-15)23-13-16(21)12-22-19-10-3-6-14-5-1-2-9-18(14)19/h1-3,5-6,9-10,16-17,21H,4,7-8,11-13H2. The fraction of sp³-hybridized carbons (Fsp3) is 0.421. The first kappa shape index (κ1) is 16.3. The number of carbonyl (C=O) groups is 1. The number of aliphatic hydroxyl groups excluding tert-OH is 1. The molecule has 1 N–H and O–H groups in total. The van der Waals surface area contributed by atoms with Crippen molar-refractivity contribution in [2.24, 2.45) is 0 Å². The van der Waals surface area contributed by atoms with E-state index >= 15 is 0 Å². The predicted octanol–water partition coefficient (Wildman–Crippen LogP) is 3.82. The molecule has 2 unspecified atom stereocenters. The molecule has 2 atom stereocenters. The number of ether oxygens (including phenoxy) is 1. The monoisotopic (exact) mass is 330 g/mol.